The van der Waals surface area contributed by atoms with Gasteiger partial charge in [-0.15, -0.1) is 13.2 Å². The third-order valence-corrected chi connectivity index (χ3v) is 1.46. The van der Waals surface area contributed by atoms with Crippen molar-refractivity contribution in [3.05, 3.63) is 36.4 Å². The molecular formula is C10H17Cl. The summed E-state index contributed by atoms with van der Waals surface area (Å²) >= 11 is 5.68. The quantitative estimate of drug-likeness (QED) is 0.434. The van der Waals surface area contributed by atoms with E-state index in [1.807, 2.05) is 13.0 Å². The van der Waals surface area contributed by atoms with Crippen LogP contribution in [0.4, 0.5) is 0 Å². The van der Waals surface area contributed by atoms with Gasteiger partial charge in [-0.1, -0.05) is 38.1 Å². The maximum absolute atomic E-state index is 5.68. The van der Waals surface area contributed by atoms with Gasteiger partial charge in [0.2, 0.25) is 0 Å². The smallest absolute Gasteiger partial charge is 0.0365 e. The van der Waals surface area contributed by atoms with Crippen molar-refractivity contribution < 1.29 is 0 Å². The first kappa shape index (κ1) is 13.1. The Morgan fingerprint density at radius 1 is 1.36 bits per heavy atom. The van der Waals surface area contributed by atoms with Crippen molar-refractivity contribution in [3.8, 4) is 0 Å². The Hall–Kier alpha value is -0.490. The van der Waals surface area contributed by atoms with E-state index < -0.39 is 0 Å². The second-order valence-corrected chi connectivity index (χ2v) is 2.76. The summed E-state index contributed by atoms with van der Waals surface area (Å²) in [4.78, 5) is 0. The molecule has 0 aromatic carbocycles. The lowest BCUT2D eigenvalue weighted by Gasteiger charge is -2.06. The van der Waals surface area contributed by atoms with Gasteiger partial charge in [-0.05, 0) is 18.4 Å². The van der Waals surface area contributed by atoms with Crippen molar-refractivity contribution in [2.75, 3.05) is 0 Å². The Morgan fingerprint density at radius 3 is 1.73 bits per heavy atom. The first-order valence-electron chi connectivity index (χ1n) is 3.60. The molecule has 0 atom stereocenters. The zero-order valence-electron chi connectivity index (χ0n) is 7.65. The number of hydrogen-bond donors (Lipinski definition) is 0. The molecule has 0 saturated heterocycles. The van der Waals surface area contributed by atoms with E-state index in [0.29, 0.717) is 11.0 Å². The van der Waals surface area contributed by atoms with Crippen LogP contribution in [0.3, 0.4) is 0 Å². The topological polar surface area (TPSA) is 0 Å². The lowest BCUT2D eigenvalue weighted by atomic mass is 10.0. The van der Waals surface area contributed by atoms with Gasteiger partial charge in [0.05, 0.1) is 0 Å². The van der Waals surface area contributed by atoms with Crippen LogP contribution in [-0.4, -0.2) is 0 Å². The molecule has 0 aliphatic rings. The highest BCUT2D eigenvalue weighted by Crippen LogP contribution is 2.20. The third-order valence-electron chi connectivity index (χ3n) is 1.25. The van der Waals surface area contributed by atoms with E-state index in [1.54, 1.807) is 0 Å². The monoisotopic (exact) mass is 172 g/mol. The molecule has 1 heteroatoms. The SMILES string of the molecule is C=C.C=C(Cl)/C(=C\C)C(C)C. The van der Waals surface area contributed by atoms with Crippen molar-refractivity contribution in [1.29, 1.82) is 0 Å². The highest BCUT2D eigenvalue weighted by molar-refractivity contribution is 6.31. The predicted molar refractivity (Wildman–Crippen MR) is 54.8 cm³/mol. The lowest BCUT2D eigenvalue weighted by molar-refractivity contribution is 0.786. The van der Waals surface area contributed by atoms with Gasteiger partial charge in [0.15, 0.2) is 0 Å². The molecule has 0 unspecified atom stereocenters. The Kier molecular flexibility index (Phi) is 9.09. The second kappa shape index (κ2) is 7.62. The van der Waals surface area contributed by atoms with Gasteiger partial charge in [0.25, 0.3) is 0 Å². The normalized spacial score (nSPS) is 10.5. The van der Waals surface area contributed by atoms with Crippen LogP contribution in [0, 0.1) is 5.92 Å². The Labute approximate surface area is 75.3 Å². The Bertz CT molecular complexity index is 143. The summed E-state index contributed by atoms with van der Waals surface area (Å²) in [5, 5.41) is 0.660. The lowest BCUT2D eigenvalue weighted by Crippen LogP contribution is -1.91. The molecule has 0 bridgehead atoms. The van der Waals surface area contributed by atoms with E-state index in [2.05, 4.69) is 33.6 Å². The Morgan fingerprint density at radius 2 is 1.73 bits per heavy atom. The van der Waals surface area contributed by atoms with Crippen LogP contribution in [0.25, 0.3) is 0 Å². The van der Waals surface area contributed by atoms with Crippen molar-refractivity contribution >= 4 is 11.6 Å². The van der Waals surface area contributed by atoms with Gasteiger partial charge >= 0.3 is 0 Å². The van der Waals surface area contributed by atoms with E-state index in [-0.39, 0.29) is 0 Å². The van der Waals surface area contributed by atoms with Crippen LogP contribution < -0.4 is 0 Å². The molecule has 0 aliphatic heterocycles. The average Bonchev–Trinajstić information content (AvgIpc) is 1.91. The van der Waals surface area contributed by atoms with Crippen molar-refractivity contribution in [2.45, 2.75) is 20.8 Å². The van der Waals surface area contributed by atoms with E-state index in [9.17, 15) is 0 Å². The molecule has 0 rings (SSSR count). The zero-order valence-corrected chi connectivity index (χ0v) is 8.41. The molecule has 0 aliphatic carbocycles. The summed E-state index contributed by atoms with van der Waals surface area (Å²) < 4.78 is 0. The van der Waals surface area contributed by atoms with Gasteiger partial charge in [0.1, 0.15) is 0 Å². The first-order valence-corrected chi connectivity index (χ1v) is 3.98. The fraction of sp³-hybridized carbons (Fsp3) is 0.400. The Balaban J connectivity index is 0. The zero-order chi connectivity index (χ0) is 9.44. The summed E-state index contributed by atoms with van der Waals surface area (Å²) in [6, 6.07) is 0. The predicted octanol–water partition coefficient (Wildman–Crippen LogP) is 4.14. The van der Waals surface area contributed by atoms with E-state index >= 15 is 0 Å². The minimum atomic E-state index is 0.486. The molecule has 0 nitrogen and oxygen atoms in total. The molecule has 0 radical (unpaired) electrons. The molecule has 0 aromatic heterocycles. The third kappa shape index (κ3) is 5.93. The van der Waals surface area contributed by atoms with Gasteiger partial charge in [-0.25, -0.2) is 0 Å². The average molecular weight is 173 g/mol. The van der Waals surface area contributed by atoms with E-state index in [1.165, 1.54) is 0 Å². The highest BCUT2D eigenvalue weighted by atomic mass is 35.5. The molecule has 0 fully saturated rings. The molecule has 0 amide bonds. The van der Waals surface area contributed by atoms with Crippen LogP contribution in [-0.2, 0) is 0 Å². The maximum atomic E-state index is 5.68. The maximum Gasteiger partial charge on any atom is 0.0365 e. The van der Waals surface area contributed by atoms with Crippen molar-refractivity contribution in [2.24, 2.45) is 5.92 Å². The minimum Gasteiger partial charge on any atom is -0.106 e. The molecule has 0 spiro atoms. The van der Waals surface area contributed by atoms with Crippen LogP contribution in [0.1, 0.15) is 20.8 Å². The number of rotatable bonds is 2. The molecule has 11 heavy (non-hydrogen) atoms. The minimum absolute atomic E-state index is 0.486. The van der Waals surface area contributed by atoms with E-state index in [4.69, 9.17) is 11.6 Å². The highest BCUT2D eigenvalue weighted by Gasteiger charge is 2.02. The van der Waals surface area contributed by atoms with Crippen molar-refractivity contribution in [1.82, 2.24) is 0 Å². The molecule has 0 aromatic rings. The van der Waals surface area contributed by atoms with Gasteiger partial charge in [-0.3, -0.25) is 0 Å². The molecular weight excluding hydrogens is 156 g/mol. The fourth-order valence-electron chi connectivity index (χ4n) is 0.803. The van der Waals surface area contributed by atoms with Crippen LogP contribution in [0.15, 0.2) is 36.4 Å². The van der Waals surface area contributed by atoms with Gasteiger partial charge in [-0.2, -0.15) is 0 Å². The summed E-state index contributed by atoms with van der Waals surface area (Å²) in [7, 11) is 0. The van der Waals surface area contributed by atoms with Crippen molar-refractivity contribution in [3.63, 3.8) is 0 Å². The fourth-order valence-corrected chi connectivity index (χ4v) is 1.13. The van der Waals surface area contributed by atoms with Crippen LogP contribution in [0.5, 0.6) is 0 Å². The summed E-state index contributed by atoms with van der Waals surface area (Å²) in [6.07, 6.45) is 2.00. The molecule has 0 heterocycles. The van der Waals surface area contributed by atoms with E-state index in [0.717, 1.165) is 5.57 Å². The van der Waals surface area contributed by atoms with Gasteiger partial charge < -0.3 is 0 Å². The number of hydrogen-bond acceptors (Lipinski definition) is 0. The van der Waals surface area contributed by atoms with Crippen LogP contribution in [0.2, 0.25) is 0 Å². The first-order chi connectivity index (χ1) is 5.09. The number of allylic oxidation sites excluding steroid dienone is 3. The summed E-state index contributed by atoms with van der Waals surface area (Å²) in [6.45, 7) is 15.8. The molecule has 0 saturated carbocycles. The summed E-state index contributed by atoms with van der Waals surface area (Å²) in [5.41, 5.74) is 1.14. The van der Waals surface area contributed by atoms with Crippen LogP contribution >= 0.6 is 11.6 Å². The second-order valence-electron chi connectivity index (χ2n) is 2.30. The summed E-state index contributed by atoms with van der Waals surface area (Å²) in [5.74, 6) is 0.486. The van der Waals surface area contributed by atoms with Gasteiger partial charge in [0, 0.05) is 5.03 Å². The number of halogens is 1. The standard InChI is InChI=1S/C8H13Cl.C2H4/c1-5-8(6(2)3)7(4)9;1-2/h5-6H,4H2,1-3H3;1-2H2/b8-5-;. The molecule has 64 valence electrons. The molecule has 0 N–H and O–H groups in total. The largest absolute Gasteiger partial charge is 0.106 e.